The lowest BCUT2D eigenvalue weighted by atomic mass is 10.2. The summed E-state index contributed by atoms with van der Waals surface area (Å²) in [5.74, 6) is -1.93. The van der Waals surface area contributed by atoms with E-state index in [0.29, 0.717) is 5.69 Å². The highest BCUT2D eigenvalue weighted by molar-refractivity contribution is 7.14. The summed E-state index contributed by atoms with van der Waals surface area (Å²) in [5.41, 5.74) is 1.20. The Morgan fingerprint density at radius 2 is 1.88 bits per heavy atom. The van der Waals surface area contributed by atoms with Gasteiger partial charge in [0, 0.05) is 43.8 Å². The fourth-order valence-corrected chi connectivity index (χ4v) is 3.82. The molecule has 2 aromatic heterocycles. The zero-order valence-electron chi connectivity index (χ0n) is 16.7. The monoisotopic (exact) mass is 459 g/mol. The van der Waals surface area contributed by atoms with Crippen LogP contribution in [0.5, 0.6) is 0 Å². The number of nitrogens with one attached hydrogen (secondary N) is 4. The average Bonchev–Trinajstić information content (AvgIpc) is 3.26. The Morgan fingerprint density at radius 1 is 1.06 bits per heavy atom. The van der Waals surface area contributed by atoms with E-state index in [-0.39, 0.29) is 16.5 Å². The molecule has 1 fully saturated rings. The number of carbonyl (C=O) groups is 2. The number of piperazine rings is 1. The van der Waals surface area contributed by atoms with Gasteiger partial charge in [0.15, 0.2) is 5.13 Å². The van der Waals surface area contributed by atoms with Crippen LogP contribution in [0.25, 0.3) is 0 Å². The van der Waals surface area contributed by atoms with Crippen LogP contribution in [0.4, 0.5) is 35.8 Å². The van der Waals surface area contributed by atoms with Crippen molar-refractivity contribution in [2.24, 2.45) is 0 Å². The molecule has 0 saturated carbocycles. The molecule has 9 nitrogen and oxygen atoms in total. The minimum Gasteiger partial charge on any atom is -0.367 e. The smallest absolute Gasteiger partial charge is 0.325 e. The van der Waals surface area contributed by atoms with Crippen molar-refractivity contribution in [3.63, 3.8) is 0 Å². The minimum atomic E-state index is -0.816. The molecule has 3 aromatic rings. The lowest BCUT2D eigenvalue weighted by Gasteiger charge is -2.30. The lowest BCUT2D eigenvalue weighted by Crippen LogP contribution is -2.43. The van der Waals surface area contributed by atoms with Crippen molar-refractivity contribution < 1.29 is 18.4 Å². The van der Waals surface area contributed by atoms with Gasteiger partial charge < -0.3 is 20.9 Å². The lowest BCUT2D eigenvalue weighted by molar-refractivity contribution is 0.102. The Balaban J connectivity index is 1.40. The first-order valence-corrected chi connectivity index (χ1v) is 10.6. The highest BCUT2D eigenvalue weighted by Gasteiger charge is 2.18. The van der Waals surface area contributed by atoms with Crippen LogP contribution >= 0.6 is 11.3 Å². The summed E-state index contributed by atoms with van der Waals surface area (Å²) < 4.78 is 26.9. The fourth-order valence-electron chi connectivity index (χ4n) is 3.13. The number of rotatable bonds is 5. The Kier molecular flexibility index (Phi) is 6.52. The number of aromatic nitrogens is 2. The highest BCUT2D eigenvalue weighted by atomic mass is 32.1. The highest BCUT2D eigenvalue weighted by Crippen LogP contribution is 2.26. The normalized spacial score (nSPS) is 13.5. The van der Waals surface area contributed by atoms with E-state index < -0.39 is 23.6 Å². The third kappa shape index (κ3) is 5.15. The summed E-state index contributed by atoms with van der Waals surface area (Å²) in [6, 6.07) is 3.73. The summed E-state index contributed by atoms with van der Waals surface area (Å²) in [4.78, 5) is 35.1. The van der Waals surface area contributed by atoms with Crippen LogP contribution in [0.15, 0.2) is 42.0 Å². The third-order valence-electron chi connectivity index (χ3n) is 4.64. The summed E-state index contributed by atoms with van der Waals surface area (Å²) in [5, 5.41) is 12.3. The first-order valence-electron chi connectivity index (χ1n) is 9.69. The van der Waals surface area contributed by atoms with Gasteiger partial charge in [-0.05, 0) is 18.2 Å². The Labute approximate surface area is 185 Å². The van der Waals surface area contributed by atoms with Gasteiger partial charge in [-0.3, -0.25) is 15.1 Å². The van der Waals surface area contributed by atoms with Gasteiger partial charge in [-0.15, -0.1) is 11.3 Å². The maximum absolute atomic E-state index is 13.7. The summed E-state index contributed by atoms with van der Waals surface area (Å²) in [6.45, 7) is 3.30. The standard InChI is InChI=1S/C20H19F2N7O2S/c21-12-1-2-13(22)14(9-12)26-19(31)28-20-27-16(11-32-20)18(30)25-15-10-24-4-3-17(15)29-7-5-23-6-8-29/h1-4,9-11,23H,5-8H2,(H,25,30)(H2,26,27,28,31). The summed E-state index contributed by atoms with van der Waals surface area (Å²) in [7, 11) is 0. The number of benzene rings is 1. The van der Waals surface area contributed by atoms with Crippen LogP contribution in [0, 0.1) is 11.6 Å². The Bertz CT molecular complexity index is 1130. The van der Waals surface area contributed by atoms with Gasteiger partial charge in [0.2, 0.25) is 0 Å². The molecule has 1 aromatic carbocycles. The number of halogens is 2. The molecule has 0 spiro atoms. The predicted molar refractivity (Wildman–Crippen MR) is 118 cm³/mol. The van der Waals surface area contributed by atoms with Gasteiger partial charge in [0.25, 0.3) is 5.91 Å². The van der Waals surface area contributed by atoms with E-state index >= 15 is 0 Å². The minimum absolute atomic E-state index is 0.0948. The van der Waals surface area contributed by atoms with Gasteiger partial charge in [-0.2, -0.15) is 0 Å². The molecular formula is C20H19F2N7O2S. The molecule has 0 atom stereocenters. The van der Waals surface area contributed by atoms with Crippen LogP contribution in [-0.4, -0.2) is 48.1 Å². The number of urea groups is 1. The maximum Gasteiger partial charge on any atom is 0.325 e. The van der Waals surface area contributed by atoms with Crippen molar-refractivity contribution in [3.8, 4) is 0 Å². The number of nitrogens with zero attached hydrogens (tertiary/aromatic N) is 3. The van der Waals surface area contributed by atoms with Crippen molar-refractivity contribution >= 4 is 45.5 Å². The molecule has 0 unspecified atom stereocenters. The summed E-state index contributed by atoms with van der Waals surface area (Å²) >= 11 is 1.02. The maximum atomic E-state index is 13.7. The first-order chi connectivity index (χ1) is 15.5. The molecule has 1 aliphatic rings. The molecule has 0 radical (unpaired) electrons. The molecule has 12 heteroatoms. The van der Waals surface area contributed by atoms with E-state index in [4.69, 9.17) is 0 Å². The van der Waals surface area contributed by atoms with Crippen molar-refractivity contribution in [2.45, 2.75) is 0 Å². The number of thiazole rings is 1. The van der Waals surface area contributed by atoms with E-state index in [1.54, 1.807) is 12.4 Å². The van der Waals surface area contributed by atoms with Crippen LogP contribution < -0.4 is 26.2 Å². The Hall–Kier alpha value is -3.64. The van der Waals surface area contributed by atoms with E-state index in [9.17, 15) is 18.4 Å². The van der Waals surface area contributed by atoms with E-state index in [1.165, 1.54) is 5.38 Å². The second-order valence-corrected chi connectivity index (χ2v) is 7.68. The van der Waals surface area contributed by atoms with Gasteiger partial charge in [0.1, 0.15) is 17.3 Å². The second-order valence-electron chi connectivity index (χ2n) is 6.83. The van der Waals surface area contributed by atoms with Gasteiger partial charge >= 0.3 is 6.03 Å². The van der Waals surface area contributed by atoms with Crippen molar-refractivity contribution in [3.05, 3.63) is 59.4 Å². The SMILES string of the molecule is O=C(Nc1nc(C(=O)Nc2cnccc2N2CCNCC2)cs1)Nc1cc(F)ccc1F. The predicted octanol–water partition coefficient (Wildman–Crippen LogP) is 3.12. The number of pyridine rings is 1. The van der Waals surface area contributed by atoms with E-state index in [0.717, 1.165) is 61.4 Å². The molecular weight excluding hydrogens is 440 g/mol. The van der Waals surface area contributed by atoms with Crippen LogP contribution in [0.3, 0.4) is 0 Å². The van der Waals surface area contributed by atoms with Crippen LogP contribution in [0.2, 0.25) is 0 Å². The molecule has 1 saturated heterocycles. The number of hydrogen-bond acceptors (Lipinski definition) is 7. The zero-order valence-corrected chi connectivity index (χ0v) is 17.5. The van der Waals surface area contributed by atoms with E-state index in [1.807, 2.05) is 6.07 Å². The van der Waals surface area contributed by atoms with Gasteiger partial charge in [-0.1, -0.05) is 0 Å². The molecule has 32 heavy (non-hydrogen) atoms. The molecule has 1 aliphatic heterocycles. The van der Waals surface area contributed by atoms with Crippen LogP contribution in [0.1, 0.15) is 10.5 Å². The number of anilines is 4. The van der Waals surface area contributed by atoms with Crippen molar-refractivity contribution in [1.82, 2.24) is 15.3 Å². The average molecular weight is 459 g/mol. The zero-order chi connectivity index (χ0) is 22.5. The number of hydrogen-bond donors (Lipinski definition) is 4. The van der Waals surface area contributed by atoms with E-state index in [2.05, 4.69) is 36.1 Å². The fraction of sp³-hybridized carbons (Fsp3) is 0.200. The molecule has 4 N–H and O–H groups in total. The molecule has 3 heterocycles. The molecule has 166 valence electrons. The third-order valence-corrected chi connectivity index (χ3v) is 5.40. The second kappa shape index (κ2) is 9.66. The molecule has 0 aliphatic carbocycles. The van der Waals surface area contributed by atoms with Crippen LogP contribution in [-0.2, 0) is 0 Å². The largest absolute Gasteiger partial charge is 0.367 e. The number of carbonyl (C=O) groups excluding carboxylic acids is 2. The summed E-state index contributed by atoms with van der Waals surface area (Å²) in [6.07, 6.45) is 3.24. The first kappa shape index (κ1) is 21.6. The Morgan fingerprint density at radius 3 is 2.69 bits per heavy atom. The molecule has 4 rings (SSSR count). The molecule has 3 amide bonds. The van der Waals surface area contributed by atoms with Gasteiger partial charge in [0.05, 0.1) is 23.3 Å². The van der Waals surface area contributed by atoms with Gasteiger partial charge in [-0.25, -0.2) is 18.6 Å². The molecule has 0 bridgehead atoms. The topological polar surface area (TPSA) is 111 Å². The number of amides is 3. The van der Waals surface area contributed by atoms with Crippen molar-refractivity contribution in [1.29, 1.82) is 0 Å². The van der Waals surface area contributed by atoms with Crippen molar-refractivity contribution in [2.75, 3.05) is 47.0 Å². The quantitative estimate of drug-likeness (QED) is 0.467.